The van der Waals surface area contributed by atoms with E-state index in [2.05, 4.69) is 34.7 Å². The van der Waals surface area contributed by atoms with Crippen LogP contribution in [0.25, 0.3) is 0 Å². The first-order valence-corrected chi connectivity index (χ1v) is 8.36. The Morgan fingerprint density at radius 3 is 2.29 bits per heavy atom. The van der Waals surface area contributed by atoms with Crippen molar-refractivity contribution in [3.05, 3.63) is 17.7 Å². The van der Waals surface area contributed by atoms with E-state index in [0.29, 0.717) is 0 Å². The van der Waals surface area contributed by atoms with E-state index in [9.17, 15) is 0 Å². The van der Waals surface area contributed by atoms with Crippen LogP contribution < -0.4 is 14.9 Å². The molecule has 1 saturated heterocycles. The van der Waals surface area contributed by atoms with Crippen molar-refractivity contribution < 1.29 is 9.47 Å². The van der Waals surface area contributed by atoms with E-state index >= 15 is 0 Å². The lowest BCUT2D eigenvalue weighted by Crippen LogP contribution is -2.50. The fourth-order valence-corrected chi connectivity index (χ4v) is 3.01. The van der Waals surface area contributed by atoms with Gasteiger partial charge < -0.3 is 14.4 Å². The molecule has 5 nitrogen and oxygen atoms in total. The number of hydrazine groups is 1. The zero-order valence-electron chi connectivity index (χ0n) is 13.3. The third-order valence-corrected chi connectivity index (χ3v) is 4.60. The van der Waals surface area contributed by atoms with E-state index in [4.69, 9.17) is 9.47 Å². The molecule has 0 aromatic heterocycles. The fourth-order valence-electron chi connectivity index (χ4n) is 2.39. The number of benzene rings is 1. The number of piperazine rings is 1. The SMILES string of the molecule is COc1cc(CNN2CCN(C)CC2)c(SC)cc1OC. The van der Waals surface area contributed by atoms with Crippen molar-refractivity contribution in [1.29, 1.82) is 0 Å². The summed E-state index contributed by atoms with van der Waals surface area (Å²) in [6.45, 7) is 5.12. The smallest absolute Gasteiger partial charge is 0.161 e. The average Bonchev–Trinajstić information content (AvgIpc) is 2.53. The van der Waals surface area contributed by atoms with Gasteiger partial charge in [-0.2, -0.15) is 0 Å². The molecule has 21 heavy (non-hydrogen) atoms. The highest BCUT2D eigenvalue weighted by atomic mass is 32.2. The van der Waals surface area contributed by atoms with Gasteiger partial charge in [0.2, 0.25) is 0 Å². The van der Waals surface area contributed by atoms with Crippen LogP contribution in [0.1, 0.15) is 5.56 Å². The van der Waals surface area contributed by atoms with Gasteiger partial charge in [-0.3, -0.25) is 5.43 Å². The van der Waals surface area contributed by atoms with Crippen LogP contribution in [0, 0.1) is 0 Å². The molecule has 0 amide bonds. The number of likely N-dealkylation sites (N-methyl/N-ethyl adjacent to an activating group) is 1. The Labute approximate surface area is 131 Å². The lowest BCUT2D eigenvalue weighted by atomic mass is 10.2. The molecule has 1 aliphatic rings. The van der Waals surface area contributed by atoms with Gasteiger partial charge in [0.1, 0.15) is 0 Å². The van der Waals surface area contributed by atoms with E-state index in [1.165, 1.54) is 10.5 Å². The summed E-state index contributed by atoms with van der Waals surface area (Å²) >= 11 is 1.73. The fraction of sp³-hybridized carbons (Fsp3) is 0.600. The molecule has 2 rings (SSSR count). The summed E-state index contributed by atoms with van der Waals surface area (Å²) in [5, 5.41) is 2.29. The standard InChI is InChI=1S/C15H25N3O2S/c1-17-5-7-18(8-6-17)16-11-12-9-13(19-2)14(20-3)10-15(12)21-4/h9-10,16H,5-8,11H2,1-4H3. The molecule has 0 bridgehead atoms. The van der Waals surface area contributed by atoms with Crippen molar-refractivity contribution in [3.8, 4) is 11.5 Å². The Balaban J connectivity index is 2.04. The van der Waals surface area contributed by atoms with Crippen LogP contribution in [0.4, 0.5) is 0 Å². The van der Waals surface area contributed by atoms with Crippen molar-refractivity contribution in [2.75, 3.05) is 53.7 Å². The van der Waals surface area contributed by atoms with Gasteiger partial charge in [-0.05, 0) is 31.0 Å². The second-order valence-electron chi connectivity index (χ2n) is 5.14. The number of nitrogens with zero attached hydrogens (tertiary/aromatic N) is 2. The Hall–Kier alpha value is -0.950. The average molecular weight is 311 g/mol. The molecule has 0 saturated carbocycles. The highest BCUT2D eigenvalue weighted by Gasteiger charge is 2.15. The monoisotopic (exact) mass is 311 g/mol. The minimum Gasteiger partial charge on any atom is -0.493 e. The Morgan fingerprint density at radius 1 is 1.10 bits per heavy atom. The third-order valence-electron chi connectivity index (χ3n) is 3.78. The van der Waals surface area contributed by atoms with Crippen molar-refractivity contribution >= 4 is 11.8 Å². The van der Waals surface area contributed by atoms with Crippen LogP contribution in [0.15, 0.2) is 17.0 Å². The number of rotatable bonds is 6. The Bertz CT molecular complexity index is 462. The number of ether oxygens (including phenoxy) is 2. The molecular formula is C15H25N3O2S. The van der Waals surface area contributed by atoms with Crippen molar-refractivity contribution in [2.24, 2.45) is 0 Å². The third kappa shape index (κ3) is 4.26. The van der Waals surface area contributed by atoms with E-state index in [1.807, 2.05) is 6.07 Å². The molecule has 1 fully saturated rings. The number of hydrogen-bond donors (Lipinski definition) is 1. The quantitative estimate of drug-likeness (QED) is 0.806. The van der Waals surface area contributed by atoms with E-state index in [1.54, 1.807) is 26.0 Å². The molecule has 0 aliphatic carbocycles. The molecule has 0 atom stereocenters. The van der Waals surface area contributed by atoms with Crippen LogP contribution in [0.2, 0.25) is 0 Å². The summed E-state index contributed by atoms with van der Waals surface area (Å²) in [7, 11) is 5.51. The summed E-state index contributed by atoms with van der Waals surface area (Å²) in [6.07, 6.45) is 2.08. The Morgan fingerprint density at radius 2 is 1.71 bits per heavy atom. The summed E-state index contributed by atoms with van der Waals surface area (Å²) < 4.78 is 10.8. The number of methoxy groups -OCH3 is 2. The number of nitrogens with one attached hydrogen (secondary N) is 1. The second kappa shape index (κ2) is 7.89. The molecule has 0 radical (unpaired) electrons. The molecule has 0 unspecified atom stereocenters. The maximum Gasteiger partial charge on any atom is 0.161 e. The maximum absolute atomic E-state index is 5.40. The lowest BCUT2D eigenvalue weighted by Gasteiger charge is -2.32. The topological polar surface area (TPSA) is 37.0 Å². The van der Waals surface area contributed by atoms with Crippen molar-refractivity contribution in [3.63, 3.8) is 0 Å². The Kier molecular flexibility index (Phi) is 6.17. The summed E-state index contributed by atoms with van der Waals surface area (Å²) in [4.78, 5) is 3.57. The summed E-state index contributed by atoms with van der Waals surface area (Å²) in [5.41, 5.74) is 4.75. The predicted octanol–water partition coefficient (Wildman–Crippen LogP) is 1.68. The van der Waals surface area contributed by atoms with Gasteiger partial charge in [-0.15, -0.1) is 11.8 Å². The van der Waals surface area contributed by atoms with Crippen LogP contribution >= 0.6 is 11.8 Å². The molecule has 6 heteroatoms. The lowest BCUT2D eigenvalue weighted by molar-refractivity contribution is 0.102. The van der Waals surface area contributed by atoms with Gasteiger partial charge in [0.05, 0.1) is 14.2 Å². The molecule has 1 aliphatic heterocycles. The number of hydrogen-bond acceptors (Lipinski definition) is 6. The van der Waals surface area contributed by atoms with Gasteiger partial charge >= 0.3 is 0 Å². The van der Waals surface area contributed by atoms with E-state index < -0.39 is 0 Å². The molecule has 0 spiro atoms. The first-order chi connectivity index (χ1) is 10.2. The summed E-state index contributed by atoms with van der Waals surface area (Å²) in [6, 6.07) is 4.11. The minimum atomic E-state index is 0.783. The van der Waals surface area contributed by atoms with Gasteiger partial charge in [-0.1, -0.05) is 0 Å². The van der Waals surface area contributed by atoms with Gasteiger partial charge in [-0.25, -0.2) is 5.01 Å². The van der Waals surface area contributed by atoms with E-state index in [0.717, 1.165) is 44.2 Å². The first kappa shape index (κ1) is 16.4. The van der Waals surface area contributed by atoms with Crippen LogP contribution in [-0.4, -0.2) is 63.6 Å². The maximum atomic E-state index is 5.40. The number of thioether (sulfide) groups is 1. The molecule has 118 valence electrons. The summed E-state index contributed by atoms with van der Waals surface area (Å²) in [5.74, 6) is 1.57. The van der Waals surface area contributed by atoms with Crippen molar-refractivity contribution in [2.45, 2.75) is 11.4 Å². The normalized spacial score (nSPS) is 17.0. The molecule has 1 aromatic carbocycles. The molecular weight excluding hydrogens is 286 g/mol. The van der Waals surface area contributed by atoms with E-state index in [-0.39, 0.29) is 0 Å². The van der Waals surface area contributed by atoms with Crippen LogP contribution in [0.5, 0.6) is 11.5 Å². The largest absolute Gasteiger partial charge is 0.493 e. The first-order valence-electron chi connectivity index (χ1n) is 7.13. The highest BCUT2D eigenvalue weighted by molar-refractivity contribution is 7.98. The van der Waals surface area contributed by atoms with Crippen LogP contribution in [0.3, 0.4) is 0 Å². The zero-order chi connectivity index (χ0) is 15.2. The van der Waals surface area contributed by atoms with Crippen molar-refractivity contribution in [1.82, 2.24) is 15.3 Å². The van der Waals surface area contributed by atoms with Gasteiger partial charge in [0.25, 0.3) is 0 Å². The minimum absolute atomic E-state index is 0.783. The molecule has 1 N–H and O–H groups in total. The van der Waals surface area contributed by atoms with Crippen LogP contribution in [-0.2, 0) is 6.54 Å². The second-order valence-corrected chi connectivity index (χ2v) is 5.99. The zero-order valence-corrected chi connectivity index (χ0v) is 14.1. The molecule has 1 heterocycles. The predicted molar refractivity (Wildman–Crippen MR) is 87.2 cm³/mol. The highest BCUT2D eigenvalue weighted by Crippen LogP contribution is 2.34. The van der Waals surface area contributed by atoms with Gasteiger partial charge in [0.15, 0.2) is 11.5 Å². The molecule has 1 aromatic rings. The van der Waals surface area contributed by atoms with Gasteiger partial charge in [0, 0.05) is 37.6 Å².